The fraction of sp³-hybridized carbons (Fsp3) is 0.190. The second kappa shape index (κ2) is 7.72. The SMILES string of the molecule is CC(=O)Nc1cccc(-c2nc(C(=O)Nc3cccc(C)c3C)c(C)s2)c1. The summed E-state index contributed by atoms with van der Waals surface area (Å²) >= 11 is 1.46. The van der Waals surface area contributed by atoms with Crippen LogP contribution in [0.25, 0.3) is 10.6 Å². The van der Waals surface area contributed by atoms with Gasteiger partial charge in [-0.05, 0) is 50.1 Å². The van der Waals surface area contributed by atoms with Gasteiger partial charge in [-0.1, -0.05) is 24.3 Å². The maximum absolute atomic E-state index is 12.7. The van der Waals surface area contributed by atoms with E-state index in [0.29, 0.717) is 11.4 Å². The zero-order valence-electron chi connectivity index (χ0n) is 15.7. The summed E-state index contributed by atoms with van der Waals surface area (Å²) in [6, 6.07) is 13.3. The number of thiazole rings is 1. The summed E-state index contributed by atoms with van der Waals surface area (Å²) in [7, 11) is 0. The summed E-state index contributed by atoms with van der Waals surface area (Å²) in [4.78, 5) is 29.4. The highest BCUT2D eigenvalue weighted by atomic mass is 32.1. The third-order valence-corrected chi connectivity index (χ3v) is 5.31. The molecule has 0 spiro atoms. The lowest BCUT2D eigenvalue weighted by Gasteiger charge is -2.09. The van der Waals surface area contributed by atoms with Gasteiger partial charge in [0, 0.05) is 28.7 Å². The third-order valence-electron chi connectivity index (χ3n) is 4.29. The summed E-state index contributed by atoms with van der Waals surface area (Å²) in [5, 5.41) is 6.46. The number of anilines is 2. The Bertz CT molecular complexity index is 1020. The first kappa shape index (κ1) is 18.8. The standard InChI is InChI=1S/C21H21N3O2S/c1-12-7-5-10-18(13(12)2)23-20(26)19-14(3)27-21(24-19)16-8-6-9-17(11-16)22-15(4)25/h5-11H,1-4H3,(H,22,25)(H,23,26). The van der Waals surface area contributed by atoms with Gasteiger partial charge in [0.2, 0.25) is 5.91 Å². The van der Waals surface area contributed by atoms with E-state index in [0.717, 1.165) is 32.3 Å². The number of carbonyl (C=O) groups excluding carboxylic acids is 2. The first-order valence-corrected chi connectivity index (χ1v) is 9.40. The number of benzene rings is 2. The van der Waals surface area contributed by atoms with Crippen molar-refractivity contribution in [3.8, 4) is 10.6 Å². The number of aromatic nitrogens is 1. The van der Waals surface area contributed by atoms with Crippen molar-refractivity contribution in [3.05, 3.63) is 64.2 Å². The van der Waals surface area contributed by atoms with Gasteiger partial charge < -0.3 is 10.6 Å². The molecule has 1 heterocycles. The molecule has 0 aliphatic heterocycles. The average molecular weight is 379 g/mol. The predicted octanol–water partition coefficient (Wildman–Crippen LogP) is 4.95. The van der Waals surface area contributed by atoms with E-state index < -0.39 is 0 Å². The minimum atomic E-state index is -0.221. The molecule has 0 bridgehead atoms. The predicted molar refractivity (Wildman–Crippen MR) is 110 cm³/mol. The van der Waals surface area contributed by atoms with Crippen molar-refractivity contribution in [1.29, 1.82) is 0 Å². The Morgan fingerprint density at radius 3 is 2.48 bits per heavy atom. The van der Waals surface area contributed by atoms with Crippen molar-refractivity contribution in [2.24, 2.45) is 0 Å². The van der Waals surface area contributed by atoms with E-state index in [1.807, 2.05) is 63.2 Å². The van der Waals surface area contributed by atoms with Crippen molar-refractivity contribution >= 4 is 34.5 Å². The van der Waals surface area contributed by atoms with E-state index in [1.54, 1.807) is 0 Å². The fourth-order valence-electron chi connectivity index (χ4n) is 2.73. The minimum Gasteiger partial charge on any atom is -0.326 e. The van der Waals surface area contributed by atoms with Gasteiger partial charge >= 0.3 is 0 Å². The van der Waals surface area contributed by atoms with E-state index in [1.165, 1.54) is 18.3 Å². The molecule has 3 aromatic rings. The second-order valence-corrected chi connectivity index (χ2v) is 7.59. The van der Waals surface area contributed by atoms with Crippen LogP contribution in [0.1, 0.15) is 33.4 Å². The van der Waals surface area contributed by atoms with E-state index in [4.69, 9.17) is 0 Å². The Labute approximate surface area is 162 Å². The highest BCUT2D eigenvalue weighted by molar-refractivity contribution is 7.15. The van der Waals surface area contributed by atoms with Gasteiger partial charge in [-0.2, -0.15) is 0 Å². The number of aryl methyl sites for hydroxylation is 2. The Morgan fingerprint density at radius 1 is 1.00 bits per heavy atom. The first-order valence-electron chi connectivity index (χ1n) is 8.58. The molecule has 3 rings (SSSR count). The molecule has 0 aliphatic carbocycles. The highest BCUT2D eigenvalue weighted by Crippen LogP contribution is 2.30. The van der Waals surface area contributed by atoms with Gasteiger partial charge in [-0.25, -0.2) is 4.98 Å². The molecule has 27 heavy (non-hydrogen) atoms. The smallest absolute Gasteiger partial charge is 0.275 e. The van der Waals surface area contributed by atoms with Gasteiger partial charge in [0.05, 0.1) is 0 Å². The average Bonchev–Trinajstić information content (AvgIpc) is 3.00. The van der Waals surface area contributed by atoms with Gasteiger partial charge in [-0.15, -0.1) is 11.3 Å². The highest BCUT2D eigenvalue weighted by Gasteiger charge is 2.17. The number of nitrogens with one attached hydrogen (secondary N) is 2. The van der Waals surface area contributed by atoms with Crippen molar-refractivity contribution in [3.63, 3.8) is 0 Å². The molecule has 5 nitrogen and oxygen atoms in total. The van der Waals surface area contributed by atoms with Crippen LogP contribution in [0.3, 0.4) is 0 Å². The molecule has 2 aromatic carbocycles. The van der Waals surface area contributed by atoms with E-state index >= 15 is 0 Å². The zero-order valence-corrected chi connectivity index (χ0v) is 16.5. The molecule has 0 fully saturated rings. The van der Waals surface area contributed by atoms with Gasteiger partial charge in [0.15, 0.2) is 0 Å². The number of hydrogen-bond acceptors (Lipinski definition) is 4. The second-order valence-electron chi connectivity index (χ2n) is 6.39. The lowest BCUT2D eigenvalue weighted by Crippen LogP contribution is -2.14. The molecule has 1 aromatic heterocycles. The molecule has 0 aliphatic rings. The Morgan fingerprint density at radius 2 is 1.74 bits per heavy atom. The summed E-state index contributed by atoms with van der Waals surface area (Å²) in [5.74, 6) is -0.349. The van der Waals surface area contributed by atoms with E-state index in [9.17, 15) is 9.59 Å². The van der Waals surface area contributed by atoms with Gasteiger partial charge in [0.25, 0.3) is 5.91 Å². The molecule has 0 unspecified atom stereocenters. The molecule has 2 N–H and O–H groups in total. The number of nitrogens with zero attached hydrogens (tertiary/aromatic N) is 1. The molecule has 6 heteroatoms. The van der Waals surface area contributed by atoms with E-state index in [2.05, 4.69) is 15.6 Å². The van der Waals surface area contributed by atoms with Crippen molar-refractivity contribution < 1.29 is 9.59 Å². The summed E-state index contributed by atoms with van der Waals surface area (Å²) in [5.41, 5.74) is 4.94. The fourth-order valence-corrected chi connectivity index (χ4v) is 3.64. The Kier molecular flexibility index (Phi) is 5.37. The molecule has 0 saturated carbocycles. The lowest BCUT2D eigenvalue weighted by molar-refractivity contribution is -0.114. The lowest BCUT2D eigenvalue weighted by atomic mass is 10.1. The molecular formula is C21H21N3O2S. The number of carbonyl (C=O) groups is 2. The molecule has 138 valence electrons. The Hall–Kier alpha value is -2.99. The molecular weight excluding hydrogens is 358 g/mol. The number of hydrogen-bond donors (Lipinski definition) is 2. The molecule has 0 saturated heterocycles. The van der Waals surface area contributed by atoms with Crippen LogP contribution in [0, 0.1) is 20.8 Å². The zero-order chi connectivity index (χ0) is 19.6. The first-order chi connectivity index (χ1) is 12.8. The van der Waals surface area contributed by atoms with E-state index in [-0.39, 0.29) is 11.8 Å². The third kappa shape index (κ3) is 4.23. The largest absolute Gasteiger partial charge is 0.326 e. The van der Waals surface area contributed by atoms with Crippen LogP contribution in [-0.4, -0.2) is 16.8 Å². The van der Waals surface area contributed by atoms with Crippen LogP contribution in [0.5, 0.6) is 0 Å². The van der Waals surface area contributed by atoms with Crippen molar-refractivity contribution in [1.82, 2.24) is 4.98 Å². The van der Waals surface area contributed by atoms with Crippen LogP contribution in [0.4, 0.5) is 11.4 Å². The number of rotatable bonds is 4. The minimum absolute atomic E-state index is 0.129. The van der Waals surface area contributed by atoms with Crippen LogP contribution in [0.2, 0.25) is 0 Å². The van der Waals surface area contributed by atoms with Gasteiger partial charge in [-0.3, -0.25) is 9.59 Å². The van der Waals surface area contributed by atoms with Gasteiger partial charge in [0.1, 0.15) is 10.7 Å². The monoisotopic (exact) mass is 379 g/mol. The Balaban J connectivity index is 1.87. The topological polar surface area (TPSA) is 71.1 Å². The molecule has 0 atom stereocenters. The van der Waals surface area contributed by atoms with Crippen molar-refractivity contribution in [2.75, 3.05) is 10.6 Å². The van der Waals surface area contributed by atoms with Crippen molar-refractivity contribution in [2.45, 2.75) is 27.7 Å². The molecule has 2 amide bonds. The summed E-state index contributed by atoms with van der Waals surface area (Å²) < 4.78 is 0. The quantitative estimate of drug-likeness (QED) is 0.674. The van der Waals surface area contributed by atoms with Crippen LogP contribution in [0.15, 0.2) is 42.5 Å². The normalized spacial score (nSPS) is 10.5. The number of amides is 2. The van der Waals surface area contributed by atoms with Crippen LogP contribution in [-0.2, 0) is 4.79 Å². The summed E-state index contributed by atoms with van der Waals surface area (Å²) in [6.07, 6.45) is 0. The maximum Gasteiger partial charge on any atom is 0.275 e. The van der Waals surface area contributed by atoms with Crippen LogP contribution < -0.4 is 10.6 Å². The summed E-state index contributed by atoms with van der Waals surface area (Å²) in [6.45, 7) is 7.35. The molecule has 0 radical (unpaired) electrons. The van der Waals surface area contributed by atoms with Crippen LogP contribution >= 0.6 is 11.3 Å². The maximum atomic E-state index is 12.7.